The van der Waals surface area contributed by atoms with Crippen LogP contribution in [0.3, 0.4) is 0 Å². The van der Waals surface area contributed by atoms with Crippen LogP contribution in [0.4, 0.5) is 0 Å². The minimum absolute atomic E-state index is 0.345. The predicted octanol–water partition coefficient (Wildman–Crippen LogP) is 2.73. The second kappa shape index (κ2) is 7.90. The molecule has 4 nitrogen and oxygen atoms in total. The summed E-state index contributed by atoms with van der Waals surface area (Å²) in [6, 6.07) is 3.82. The molecule has 0 radical (unpaired) electrons. The van der Waals surface area contributed by atoms with Gasteiger partial charge in [0.2, 0.25) is 0 Å². The Morgan fingerprint density at radius 2 is 2.33 bits per heavy atom. The Kier molecular flexibility index (Phi) is 6.18. The first kappa shape index (κ1) is 16.4. The molecule has 21 heavy (non-hydrogen) atoms. The number of hydrogen-bond acceptors (Lipinski definition) is 3. The molecule has 1 fully saturated rings. The molecule has 2 heterocycles. The van der Waals surface area contributed by atoms with Crippen molar-refractivity contribution in [3.63, 3.8) is 0 Å². The summed E-state index contributed by atoms with van der Waals surface area (Å²) in [5, 5.41) is 7.30. The maximum Gasteiger partial charge on any atom is 0.191 e. The summed E-state index contributed by atoms with van der Waals surface area (Å²) >= 11 is 7.83. The van der Waals surface area contributed by atoms with Crippen LogP contribution in [0.25, 0.3) is 0 Å². The van der Waals surface area contributed by atoms with E-state index in [0.717, 1.165) is 25.5 Å². The second-order valence-electron chi connectivity index (χ2n) is 5.49. The van der Waals surface area contributed by atoms with Gasteiger partial charge >= 0.3 is 0 Å². The Morgan fingerprint density at radius 1 is 1.48 bits per heavy atom. The summed E-state index contributed by atoms with van der Waals surface area (Å²) in [6.45, 7) is 4.11. The smallest absolute Gasteiger partial charge is 0.191 e. The van der Waals surface area contributed by atoms with E-state index < -0.39 is 0 Å². The van der Waals surface area contributed by atoms with Gasteiger partial charge in [-0.05, 0) is 43.6 Å². The fraction of sp³-hybridized carbons (Fsp3) is 0.600. The summed E-state index contributed by atoms with van der Waals surface area (Å²) in [5.74, 6) is 2.14. The van der Waals surface area contributed by atoms with Crippen molar-refractivity contribution < 1.29 is 0 Å². The van der Waals surface area contributed by atoms with Crippen LogP contribution in [0.1, 0.15) is 25.3 Å². The molecule has 116 valence electrons. The van der Waals surface area contributed by atoms with Crippen LogP contribution < -0.4 is 10.6 Å². The fourth-order valence-electron chi connectivity index (χ4n) is 2.35. The monoisotopic (exact) mass is 326 g/mol. The van der Waals surface area contributed by atoms with Gasteiger partial charge in [-0.25, -0.2) is 4.98 Å². The van der Waals surface area contributed by atoms with E-state index in [1.165, 1.54) is 24.2 Å². The average molecular weight is 327 g/mol. The van der Waals surface area contributed by atoms with Crippen molar-refractivity contribution in [2.75, 3.05) is 25.9 Å². The fourth-order valence-corrected chi connectivity index (χ4v) is 3.70. The summed E-state index contributed by atoms with van der Waals surface area (Å²) in [5.41, 5.74) is 1.17. The highest BCUT2D eigenvalue weighted by atomic mass is 35.5. The summed E-state index contributed by atoms with van der Waals surface area (Å²) in [6.07, 6.45) is 5.31. The zero-order chi connectivity index (χ0) is 15.1. The molecule has 1 aliphatic heterocycles. The molecule has 1 unspecified atom stereocenters. The molecule has 0 bridgehead atoms. The van der Waals surface area contributed by atoms with E-state index in [1.807, 2.05) is 25.4 Å². The molecule has 1 aromatic heterocycles. The zero-order valence-electron chi connectivity index (χ0n) is 12.7. The van der Waals surface area contributed by atoms with Crippen molar-refractivity contribution in [3.8, 4) is 0 Å². The van der Waals surface area contributed by atoms with Crippen molar-refractivity contribution in [1.29, 1.82) is 0 Å². The first-order valence-electron chi connectivity index (χ1n) is 7.30. The van der Waals surface area contributed by atoms with Crippen LogP contribution in [0.15, 0.2) is 23.3 Å². The summed E-state index contributed by atoms with van der Waals surface area (Å²) in [4.78, 5) is 8.36. The Bertz CT molecular complexity index is 469. The Balaban J connectivity index is 1.71. The van der Waals surface area contributed by atoms with Gasteiger partial charge in [0, 0.05) is 31.1 Å². The number of aliphatic imine (C=N–C) groups is 1. The van der Waals surface area contributed by atoms with E-state index in [1.54, 1.807) is 0 Å². The molecule has 2 N–H and O–H groups in total. The maximum atomic E-state index is 5.78. The molecule has 0 spiro atoms. The third-order valence-electron chi connectivity index (χ3n) is 3.65. The van der Waals surface area contributed by atoms with Crippen LogP contribution in [-0.2, 0) is 6.42 Å². The Labute approximate surface area is 136 Å². The second-order valence-corrected chi connectivity index (χ2v) is 7.56. The molecule has 2 rings (SSSR count). The molecule has 1 aliphatic rings. The van der Waals surface area contributed by atoms with Crippen LogP contribution >= 0.6 is 23.4 Å². The molecule has 0 saturated carbocycles. The maximum absolute atomic E-state index is 5.78. The van der Waals surface area contributed by atoms with Crippen molar-refractivity contribution >= 4 is 29.3 Å². The lowest BCUT2D eigenvalue weighted by molar-refractivity contribution is 0.584. The predicted molar refractivity (Wildman–Crippen MR) is 92.4 cm³/mol. The molecule has 6 heteroatoms. The van der Waals surface area contributed by atoms with Crippen molar-refractivity contribution in [3.05, 3.63) is 29.0 Å². The largest absolute Gasteiger partial charge is 0.356 e. The van der Waals surface area contributed by atoms with Crippen molar-refractivity contribution in [1.82, 2.24) is 15.6 Å². The highest BCUT2D eigenvalue weighted by Gasteiger charge is 2.29. The van der Waals surface area contributed by atoms with Crippen LogP contribution in [0.2, 0.25) is 5.15 Å². The summed E-state index contributed by atoms with van der Waals surface area (Å²) < 4.78 is 0.345. The van der Waals surface area contributed by atoms with E-state index in [9.17, 15) is 0 Å². The van der Waals surface area contributed by atoms with Crippen LogP contribution in [0, 0.1) is 0 Å². The molecule has 1 aromatic rings. The van der Waals surface area contributed by atoms with Crippen molar-refractivity contribution in [2.24, 2.45) is 4.99 Å². The first-order chi connectivity index (χ1) is 10.1. The lowest BCUT2D eigenvalue weighted by Crippen LogP contribution is -2.44. The van der Waals surface area contributed by atoms with Gasteiger partial charge in [0.1, 0.15) is 5.15 Å². The minimum Gasteiger partial charge on any atom is -0.356 e. The number of aromatic nitrogens is 1. The lowest BCUT2D eigenvalue weighted by Gasteiger charge is -2.24. The van der Waals surface area contributed by atoms with Gasteiger partial charge in [-0.3, -0.25) is 4.99 Å². The van der Waals surface area contributed by atoms with Gasteiger partial charge < -0.3 is 10.6 Å². The standard InChI is InChI=1S/C15H23ClN4S/c1-15(7-3-9-21-15)11-20-14(17-2)18-8-6-12-4-5-13(16)19-10-12/h4-5,10H,3,6-9,11H2,1-2H3,(H2,17,18,20). The van der Waals surface area contributed by atoms with Gasteiger partial charge in [-0.2, -0.15) is 11.8 Å². The summed E-state index contributed by atoms with van der Waals surface area (Å²) in [7, 11) is 1.81. The average Bonchev–Trinajstić information content (AvgIpc) is 2.92. The highest BCUT2D eigenvalue weighted by Crippen LogP contribution is 2.36. The molecule has 1 atom stereocenters. The third kappa shape index (κ3) is 5.40. The normalized spacial score (nSPS) is 22.3. The first-order valence-corrected chi connectivity index (χ1v) is 8.67. The lowest BCUT2D eigenvalue weighted by atomic mass is 10.1. The zero-order valence-corrected chi connectivity index (χ0v) is 14.2. The van der Waals surface area contributed by atoms with Gasteiger partial charge in [0.25, 0.3) is 0 Å². The molecule has 0 aliphatic carbocycles. The molecule has 0 aromatic carbocycles. The van der Waals surface area contributed by atoms with Crippen LogP contribution in [-0.4, -0.2) is 41.6 Å². The third-order valence-corrected chi connectivity index (χ3v) is 5.41. The number of thioether (sulfide) groups is 1. The number of guanidine groups is 1. The Hall–Kier alpha value is -0.940. The van der Waals surface area contributed by atoms with Gasteiger partial charge in [0.05, 0.1) is 0 Å². The number of pyridine rings is 1. The topological polar surface area (TPSA) is 49.3 Å². The van der Waals surface area contributed by atoms with E-state index in [4.69, 9.17) is 11.6 Å². The number of nitrogens with zero attached hydrogens (tertiary/aromatic N) is 2. The SMILES string of the molecule is CN=C(NCCc1ccc(Cl)nc1)NCC1(C)CCCS1. The van der Waals surface area contributed by atoms with E-state index in [-0.39, 0.29) is 0 Å². The van der Waals surface area contributed by atoms with Crippen LogP contribution in [0.5, 0.6) is 0 Å². The number of rotatable bonds is 5. The van der Waals surface area contributed by atoms with Crippen molar-refractivity contribution in [2.45, 2.75) is 30.9 Å². The molecule has 1 saturated heterocycles. The van der Waals surface area contributed by atoms with E-state index >= 15 is 0 Å². The number of halogens is 1. The molecular weight excluding hydrogens is 304 g/mol. The van der Waals surface area contributed by atoms with Gasteiger partial charge in [-0.15, -0.1) is 0 Å². The highest BCUT2D eigenvalue weighted by molar-refractivity contribution is 8.00. The minimum atomic E-state index is 0.345. The number of nitrogens with one attached hydrogen (secondary N) is 2. The van der Waals surface area contributed by atoms with E-state index in [0.29, 0.717) is 9.90 Å². The van der Waals surface area contributed by atoms with E-state index in [2.05, 4.69) is 39.3 Å². The van der Waals surface area contributed by atoms with Gasteiger partial charge in [-0.1, -0.05) is 17.7 Å². The molecular formula is C15H23ClN4S. The Morgan fingerprint density at radius 3 is 2.95 bits per heavy atom. The number of hydrogen-bond donors (Lipinski definition) is 2. The van der Waals surface area contributed by atoms with Gasteiger partial charge in [0.15, 0.2) is 5.96 Å². The molecule has 0 amide bonds. The quantitative estimate of drug-likeness (QED) is 0.496.